The smallest absolute Gasteiger partial charge is 0.291 e. The van der Waals surface area contributed by atoms with E-state index in [1.165, 1.54) is 4.90 Å². The van der Waals surface area contributed by atoms with Crippen LogP contribution < -0.4 is 5.32 Å². The van der Waals surface area contributed by atoms with Gasteiger partial charge in [0.05, 0.1) is 16.3 Å². The van der Waals surface area contributed by atoms with Gasteiger partial charge in [-0.25, -0.2) is 0 Å². The Morgan fingerprint density at radius 2 is 1.65 bits per heavy atom. The lowest BCUT2D eigenvalue weighted by Gasteiger charge is -2.14. The summed E-state index contributed by atoms with van der Waals surface area (Å²) >= 11 is 6.16. The topological polar surface area (TPSA) is 62.6 Å². The predicted molar refractivity (Wildman–Crippen MR) is 102 cm³/mol. The van der Waals surface area contributed by atoms with Crippen molar-refractivity contribution in [3.05, 3.63) is 77.0 Å². The molecule has 132 valence electrons. The molecule has 1 N–H and O–H groups in total. The van der Waals surface area contributed by atoms with Gasteiger partial charge >= 0.3 is 0 Å². The van der Waals surface area contributed by atoms with E-state index in [1.54, 1.807) is 56.6 Å². The number of furan rings is 1. The largest absolute Gasteiger partial charge is 0.451 e. The third kappa shape index (κ3) is 3.63. The molecule has 0 spiro atoms. The van der Waals surface area contributed by atoms with Crippen LogP contribution in [-0.2, 0) is 0 Å². The number of para-hydroxylation sites is 1. The highest BCUT2D eigenvalue weighted by molar-refractivity contribution is 6.33. The predicted octanol–water partition coefficient (Wildman–Crippen LogP) is 4.55. The van der Waals surface area contributed by atoms with Crippen LogP contribution in [0.15, 0.2) is 65.1 Å². The summed E-state index contributed by atoms with van der Waals surface area (Å²) in [5, 5.41) is 3.27. The molecule has 0 bridgehead atoms. The van der Waals surface area contributed by atoms with Crippen molar-refractivity contribution in [3.63, 3.8) is 0 Å². The van der Waals surface area contributed by atoms with E-state index in [0.29, 0.717) is 27.6 Å². The molecule has 6 heteroatoms. The van der Waals surface area contributed by atoms with E-state index in [1.807, 2.05) is 18.2 Å². The first-order valence-electron chi connectivity index (χ1n) is 7.94. The summed E-state index contributed by atoms with van der Waals surface area (Å²) in [4.78, 5) is 26.2. The number of nitrogens with one attached hydrogen (secondary N) is 1. The molecule has 0 saturated carbocycles. The van der Waals surface area contributed by atoms with Gasteiger partial charge in [-0.15, -0.1) is 0 Å². The van der Waals surface area contributed by atoms with Crippen LogP contribution >= 0.6 is 11.6 Å². The van der Waals surface area contributed by atoms with Crippen molar-refractivity contribution in [2.75, 3.05) is 19.4 Å². The molecule has 0 saturated heterocycles. The van der Waals surface area contributed by atoms with Crippen LogP contribution in [0.3, 0.4) is 0 Å². The standard InChI is InChI=1S/C20H17ClN2O3/c1-23(2)20(25)14-8-4-6-10-16(14)22-19(24)18-12-11-17(26-18)13-7-3-5-9-15(13)21/h3-12H,1-2H3,(H,22,24). The molecule has 0 unspecified atom stereocenters. The highest BCUT2D eigenvalue weighted by Crippen LogP contribution is 2.29. The second-order valence-electron chi connectivity index (χ2n) is 5.84. The van der Waals surface area contributed by atoms with E-state index in [0.717, 1.165) is 0 Å². The van der Waals surface area contributed by atoms with Crippen molar-refractivity contribution in [1.29, 1.82) is 0 Å². The molecule has 1 heterocycles. The Morgan fingerprint density at radius 1 is 0.962 bits per heavy atom. The molecule has 26 heavy (non-hydrogen) atoms. The molecule has 0 aliphatic heterocycles. The number of halogens is 1. The number of carbonyl (C=O) groups excluding carboxylic acids is 2. The fourth-order valence-corrected chi connectivity index (χ4v) is 2.70. The lowest BCUT2D eigenvalue weighted by atomic mass is 10.1. The van der Waals surface area contributed by atoms with Crippen molar-refractivity contribution >= 4 is 29.1 Å². The summed E-state index contributed by atoms with van der Waals surface area (Å²) in [6.45, 7) is 0. The second kappa shape index (κ2) is 7.45. The third-order valence-corrected chi connectivity index (χ3v) is 4.11. The second-order valence-corrected chi connectivity index (χ2v) is 6.25. The van der Waals surface area contributed by atoms with Crippen molar-refractivity contribution in [3.8, 4) is 11.3 Å². The minimum Gasteiger partial charge on any atom is -0.451 e. The molecule has 3 rings (SSSR count). The maximum Gasteiger partial charge on any atom is 0.291 e. The molecule has 5 nitrogen and oxygen atoms in total. The van der Waals surface area contributed by atoms with Crippen LogP contribution in [0.1, 0.15) is 20.9 Å². The summed E-state index contributed by atoms with van der Waals surface area (Å²) in [7, 11) is 3.31. The highest BCUT2D eigenvalue weighted by atomic mass is 35.5. The Bertz CT molecular complexity index is 963. The Labute approximate surface area is 156 Å². The lowest BCUT2D eigenvalue weighted by molar-refractivity contribution is 0.0828. The van der Waals surface area contributed by atoms with Gasteiger partial charge in [0.2, 0.25) is 0 Å². The van der Waals surface area contributed by atoms with E-state index in [9.17, 15) is 9.59 Å². The fourth-order valence-electron chi connectivity index (χ4n) is 2.47. The molecular weight excluding hydrogens is 352 g/mol. The molecule has 1 aromatic heterocycles. The van der Waals surface area contributed by atoms with Crippen molar-refractivity contribution < 1.29 is 14.0 Å². The third-order valence-electron chi connectivity index (χ3n) is 3.78. The molecule has 3 aromatic rings. The number of amides is 2. The first-order valence-corrected chi connectivity index (χ1v) is 8.32. The first kappa shape index (κ1) is 17.8. The Morgan fingerprint density at radius 3 is 2.38 bits per heavy atom. The zero-order valence-corrected chi connectivity index (χ0v) is 15.1. The molecular formula is C20H17ClN2O3. The zero-order valence-electron chi connectivity index (χ0n) is 14.3. The number of benzene rings is 2. The number of carbonyl (C=O) groups is 2. The maximum atomic E-state index is 12.5. The molecule has 2 amide bonds. The monoisotopic (exact) mass is 368 g/mol. The van der Waals surface area contributed by atoms with Crippen LogP contribution in [-0.4, -0.2) is 30.8 Å². The van der Waals surface area contributed by atoms with Gasteiger partial charge in [0.15, 0.2) is 5.76 Å². The van der Waals surface area contributed by atoms with Crippen molar-refractivity contribution in [2.24, 2.45) is 0 Å². The number of anilines is 1. The number of rotatable bonds is 4. The SMILES string of the molecule is CN(C)C(=O)c1ccccc1NC(=O)c1ccc(-c2ccccc2Cl)o1. The average Bonchev–Trinajstić information content (AvgIpc) is 3.12. The molecule has 2 aromatic carbocycles. The van der Waals surface area contributed by atoms with E-state index in [-0.39, 0.29) is 11.7 Å². The van der Waals surface area contributed by atoms with Gasteiger partial charge in [0, 0.05) is 19.7 Å². The maximum absolute atomic E-state index is 12.5. The number of nitrogens with zero attached hydrogens (tertiary/aromatic N) is 1. The summed E-state index contributed by atoms with van der Waals surface area (Å²) in [6, 6.07) is 17.3. The average molecular weight is 369 g/mol. The Kier molecular flexibility index (Phi) is 5.09. The summed E-state index contributed by atoms with van der Waals surface area (Å²) in [5.41, 5.74) is 1.53. The van der Waals surface area contributed by atoms with Gasteiger partial charge in [0.1, 0.15) is 5.76 Å². The van der Waals surface area contributed by atoms with Crippen molar-refractivity contribution in [2.45, 2.75) is 0 Å². The van der Waals surface area contributed by atoms with E-state index < -0.39 is 5.91 Å². The van der Waals surface area contributed by atoms with Gasteiger partial charge in [-0.2, -0.15) is 0 Å². The van der Waals surface area contributed by atoms with Crippen LogP contribution in [0.25, 0.3) is 11.3 Å². The zero-order chi connectivity index (χ0) is 18.7. The normalized spacial score (nSPS) is 10.4. The van der Waals surface area contributed by atoms with Crippen molar-refractivity contribution in [1.82, 2.24) is 4.90 Å². The van der Waals surface area contributed by atoms with Crippen LogP contribution in [0.4, 0.5) is 5.69 Å². The minimum absolute atomic E-state index is 0.132. The van der Waals surface area contributed by atoms with Crippen LogP contribution in [0, 0.1) is 0 Å². The van der Waals surface area contributed by atoms with Gasteiger partial charge < -0.3 is 14.6 Å². The molecule has 0 aliphatic carbocycles. The van der Waals surface area contributed by atoms with E-state index >= 15 is 0 Å². The van der Waals surface area contributed by atoms with Crippen LogP contribution in [0.5, 0.6) is 0 Å². The van der Waals surface area contributed by atoms with E-state index in [4.69, 9.17) is 16.0 Å². The minimum atomic E-state index is -0.442. The summed E-state index contributed by atoms with van der Waals surface area (Å²) < 4.78 is 5.64. The number of hydrogen-bond donors (Lipinski definition) is 1. The van der Waals surface area contributed by atoms with Gasteiger partial charge in [-0.1, -0.05) is 35.9 Å². The Balaban J connectivity index is 1.84. The molecule has 0 radical (unpaired) electrons. The first-order chi connectivity index (χ1) is 12.5. The van der Waals surface area contributed by atoms with Gasteiger partial charge in [-0.3, -0.25) is 9.59 Å². The quantitative estimate of drug-likeness (QED) is 0.734. The molecule has 0 atom stereocenters. The number of hydrogen-bond acceptors (Lipinski definition) is 3. The van der Waals surface area contributed by atoms with Crippen LogP contribution in [0.2, 0.25) is 5.02 Å². The Hall–Kier alpha value is -3.05. The fraction of sp³-hybridized carbons (Fsp3) is 0.100. The summed E-state index contributed by atoms with van der Waals surface area (Å²) in [5.74, 6) is -0.00941. The summed E-state index contributed by atoms with van der Waals surface area (Å²) in [6.07, 6.45) is 0. The van der Waals surface area contributed by atoms with Gasteiger partial charge in [0.25, 0.3) is 11.8 Å². The lowest BCUT2D eigenvalue weighted by Crippen LogP contribution is -2.24. The molecule has 0 fully saturated rings. The highest BCUT2D eigenvalue weighted by Gasteiger charge is 2.18. The van der Waals surface area contributed by atoms with Gasteiger partial charge in [-0.05, 0) is 36.4 Å². The van der Waals surface area contributed by atoms with E-state index in [2.05, 4.69) is 5.32 Å². The molecule has 0 aliphatic rings.